The molecule has 0 aliphatic rings. The molecule has 1 aromatic heterocycles. The van der Waals surface area contributed by atoms with E-state index in [9.17, 15) is 8.42 Å². The minimum Gasteiger partial charge on any atom is -0.495 e. The fraction of sp³-hybridized carbons (Fsp3) is 0.417. The Morgan fingerprint density at radius 3 is 2.81 bits per heavy atom. The molecule has 0 unspecified atom stereocenters. The molecule has 0 radical (unpaired) electrons. The van der Waals surface area contributed by atoms with E-state index >= 15 is 0 Å². The molecule has 1 aromatic carbocycles. The van der Waals surface area contributed by atoms with Gasteiger partial charge in [0, 0.05) is 18.4 Å². The smallest absolute Gasteiger partial charge is 0.182 e. The maximum atomic E-state index is 11.1. The molecule has 0 spiro atoms. The van der Waals surface area contributed by atoms with Gasteiger partial charge in [-0.1, -0.05) is 0 Å². The van der Waals surface area contributed by atoms with Crippen LogP contribution in [0.5, 0.6) is 5.75 Å². The van der Waals surface area contributed by atoms with Gasteiger partial charge in [0.05, 0.1) is 18.6 Å². The molecule has 0 fully saturated rings. The van der Waals surface area contributed by atoms with Gasteiger partial charge in [-0.15, -0.1) is 5.10 Å². The van der Waals surface area contributed by atoms with Crippen LogP contribution >= 0.6 is 0 Å². The van der Waals surface area contributed by atoms with Gasteiger partial charge in [-0.3, -0.25) is 0 Å². The minimum absolute atomic E-state index is 0.0946. The second-order valence-corrected chi connectivity index (χ2v) is 6.93. The van der Waals surface area contributed by atoms with Crippen LogP contribution in [0.2, 0.25) is 0 Å². The first-order valence-corrected chi connectivity index (χ1v) is 8.34. The topological polar surface area (TPSA) is 113 Å². The Kier molecular flexibility index (Phi) is 4.41. The van der Waals surface area contributed by atoms with E-state index in [4.69, 9.17) is 10.5 Å². The molecule has 0 aliphatic heterocycles. The molecule has 2 N–H and O–H groups in total. The first-order chi connectivity index (χ1) is 9.90. The predicted octanol–water partition coefficient (Wildman–Crippen LogP) is 0.366. The lowest BCUT2D eigenvalue weighted by molar-refractivity contribution is 0.417. The van der Waals surface area contributed by atoms with Gasteiger partial charge in [-0.2, -0.15) is 0 Å². The molecule has 0 saturated carbocycles. The fourth-order valence-corrected chi connectivity index (χ4v) is 2.54. The van der Waals surface area contributed by atoms with Crippen molar-refractivity contribution < 1.29 is 13.2 Å². The van der Waals surface area contributed by atoms with Crippen LogP contribution in [0.4, 0.5) is 5.69 Å². The standard InChI is InChI=1S/C12H17N5O3S/c1-20-11-8-9(4-5-10(11)13)12-14-15-16-17(12)6-3-7-21(2,18)19/h4-5,8H,3,6-7,13H2,1-2H3. The van der Waals surface area contributed by atoms with Gasteiger partial charge in [0.2, 0.25) is 0 Å². The van der Waals surface area contributed by atoms with Crippen LogP contribution in [0.1, 0.15) is 6.42 Å². The van der Waals surface area contributed by atoms with Gasteiger partial charge in [0.15, 0.2) is 5.82 Å². The van der Waals surface area contributed by atoms with E-state index in [2.05, 4.69) is 15.5 Å². The van der Waals surface area contributed by atoms with Crippen molar-refractivity contribution >= 4 is 15.5 Å². The summed E-state index contributed by atoms with van der Waals surface area (Å²) in [5, 5.41) is 11.5. The lowest BCUT2D eigenvalue weighted by Gasteiger charge is -2.08. The Balaban J connectivity index is 2.20. The number of rotatable bonds is 6. The summed E-state index contributed by atoms with van der Waals surface area (Å²) in [5.41, 5.74) is 7.05. The summed E-state index contributed by atoms with van der Waals surface area (Å²) in [4.78, 5) is 0. The minimum atomic E-state index is -2.99. The van der Waals surface area contributed by atoms with E-state index in [0.29, 0.717) is 30.2 Å². The molecule has 2 aromatic rings. The van der Waals surface area contributed by atoms with Crippen molar-refractivity contribution in [3.05, 3.63) is 18.2 Å². The number of nitrogens with zero attached hydrogens (tertiary/aromatic N) is 4. The molecule has 21 heavy (non-hydrogen) atoms. The van der Waals surface area contributed by atoms with E-state index in [0.717, 1.165) is 5.56 Å². The van der Waals surface area contributed by atoms with E-state index in [-0.39, 0.29) is 5.75 Å². The number of methoxy groups -OCH3 is 1. The largest absolute Gasteiger partial charge is 0.495 e. The number of benzene rings is 1. The quantitative estimate of drug-likeness (QED) is 0.766. The molecule has 114 valence electrons. The van der Waals surface area contributed by atoms with Gasteiger partial charge < -0.3 is 10.5 Å². The predicted molar refractivity (Wildman–Crippen MR) is 78.5 cm³/mol. The number of nitrogen functional groups attached to an aromatic ring is 1. The SMILES string of the molecule is COc1cc(-c2nnnn2CCCS(C)(=O)=O)ccc1N. The molecule has 0 saturated heterocycles. The summed E-state index contributed by atoms with van der Waals surface area (Å²) in [5.74, 6) is 1.18. The maximum Gasteiger partial charge on any atom is 0.182 e. The van der Waals surface area contributed by atoms with Crippen molar-refractivity contribution in [3.63, 3.8) is 0 Å². The monoisotopic (exact) mass is 311 g/mol. The van der Waals surface area contributed by atoms with E-state index < -0.39 is 9.84 Å². The average molecular weight is 311 g/mol. The van der Waals surface area contributed by atoms with Crippen LogP contribution in [0.3, 0.4) is 0 Å². The van der Waals surface area contributed by atoms with Gasteiger partial charge in [-0.25, -0.2) is 13.1 Å². The molecular formula is C12H17N5O3S. The average Bonchev–Trinajstić information content (AvgIpc) is 2.86. The van der Waals surface area contributed by atoms with Gasteiger partial charge >= 0.3 is 0 Å². The first kappa shape index (κ1) is 15.2. The zero-order valence-electron chi connectivity index (χ0n) is 11.9. The van der Waals surface area contributed by atoms with Crippen LogP contribution < -0.4 is 10.5 Å². The number of hydrogen-bond acceptors (Lipinski definition) is 7. The molecule has 9 heteroatoms. The number of aryl methyl sites for hydroxylation is 1. The van der Waals surface area contributed by atoms with Crippen molar-refractivity contribution in [3.8, 4) is 17.1 Å². The number of tetrazole rings is 1. The highest BCUT2D eigenvalue weighted by Gasteiger charge is 2.12. The normalized spacial score (nSPS) is 11.5. The molecular weight excluding hydrogens is 294 g/mol. The molecule has 0 bridgehead atoms. The van der Waals surface area contributed by atoms with Crippen molar-refractivity contribution in [1.29, 1.82) is 0 Å². The molecule has 0 amide bonds. The van der Waals surface area contributed by atoms with Crippen molar-refractivity contribution in [2.45, 2.75) is 13.0 Å². The number of sulfone groups is 1. The molecule has 8 nitrogen and oxygen atoms in total. The van der Waals surface area contributed by atoms with Crippen LogP contribution in [0.25, 0.3) is 11.4 Å². The van der Waals surface area contributed by atoms with E-state index in [1.165, 1.54) is 13.4 Å². The number of aromatic nitrogens is 4. The van der Waals surface area contributed by atoms with Crippen LogP contribution in [-0.2, 0) is 16.4 Å². The van der Waals surface area contributed by atoms with E-state index in [1.54, 1.807) is 22.9 Å². The Morgan fingerprint density at radius 1 is 1.38 bits per heavy atom. The number of anilines is 1. The third-order valence-corrected chi connectivity index (χ3v) is 3.94. The van der Waals surface area contributed by atoms with Gasteiger partial charge in [-0.05, 0) is 35.0 Å². The zero-order chi connectivity index (χ0) is 15.5. The second kappa shape index (κ2) is 6.08. The van der Waals surface area contributed by atoms with Crippen molar-refractivity contribution in [2.75, 3.05) is 24.9 Å². The Morgan fingerprint density at radius 2 is 2.14 bits per heavy atom. The van der Waals surface area contributed by atoms with Crippen LogP contribution in [0, 0.1) is 0 Å². The highest BCUT2D eigenvalue weighted by molar-refractivity contribution is 7.90. The van der Waals surface area contributed by atoms with Gasteiger partial charge in [0.25, 0.3) is 0 Å². The number of hydrogen-bond donors (Lipinski definition) is 1. The highest BCUT2D eigenvalue weighted by atomic mass is 32.2. The molecule has 1 heterocycles. The first-order valence-electron chi connectivity index (χ1n) is 6.28. The summed E-state index contributed by atoms with van der Waals surface area (Å²) in [6.07, 6.45) is 1.65. The second-order valence-electron chi connectivity index (χ2n) is 4.67. The Hall–Kier alpha value is -2.16. The zero-order valence-corrected chi connectivity index (χ0v) is 12.7. The third kappa shape index (κ3) is 3.91. The summed E-state index contributed by atoms with van der Waals surface area (Å²) < 4.78 is 29.0. The third-order valence-electron chi connectivity index (χ3n) is 2.91. The summed E-state index contributed by atoms with van der Waals surface area (Å²) >= 11 is 0. The Labute approximate surface area is 122 Å². The van der Waals surface area contributed by atoms with Crippen molar-refractivity contribution in [1.82, 2.24) is 20.2 Å². The Bertz CT molecular complexity index is 726. The van der Waals surface area contributed by atoms with Crippen molar-refractivity contribution in [2.24, 2.45) is 0 Å². The summed E-state index contributed by atoms with van der Waals surface area (Å²) in [6, 6.07) is 5.24. The fourth-order valence-electron chi connectivity index (χ4n) is 1.89. The maximum absolute atomic E-state index is 11.1. The molecule has 2 rings (SSSR count). The molecule has 0 atom stereocenters. The summed E-state index contributed by atoms with van der Waals surface area (Å²) in [6.45, 7) is 0.419. The summed E-state index contributed by atoms with van der Waals surface area (Å²) in [7, 11) is -1.46. The van der Waals surface area contributed by atoms with E-state index in [1.807, 2.05) is 0 Å². The highest BCUT2D eigenvalue weighted by Crippen LogP contribution is 2.27. The number of nitrogens with two attached hydrogens (primary N) is 1. The van der Waals surface area contributed by atoms with Gasteiger partial charge in [0.1, 0.15) is 15.6 Å². The molecule has 0 aliphatic carbocycles. The van der Waals surface area contributed by atoms with Crippen LogP contribution in [-0.4, -0.2) is 47.7 Å². The number of ether oxygens (including phenoxy) is 1. The van der Waals surface area contributed by atoms with Crippen LogP contribution in [0.15, 0.2) is 18.2 Å². The lowest BCUT2D eigenvalue weighted by atomic mass is 10.2. The lowest BCUT2D eigenvalue weighted by Crippen LogP contribution is -2.09.